The molecular weight excluding hydrogens is 278 g/mol. The van der Waals surface area contributed by atoms with E-state index in [1.807, 2.05) is 0 Å². The van der Waals surface area contributed by atoms with Gasteiger partial charge in [-0.15, -0.1) is 0 Å². The number of fused-ring (bicyclic) bond motifs is 1. The van der Waals surface area contributed by atoms with Gasteiger partial charge >= 0.3 is 6.03 Å². The number of carbonyl (C=O) groups excluding carboxylic acids is 1. The van der Waals surface area contributed by atoms with Gasteiger partial charge < -0.3 is 15.7 Å². The van der Waals surface area contributed by atoms with Crippen LogP contribution in [0.1, 0.15) is 31.4 Å². The van der Waals surface area contributed by atoms with Crippen LogP contribution in [0.25, 0.3) is 0 Å². The van der Waals surface area contributed by atoms with E-state index in [-0.39, 0.29) is 12.6 Å². The molecule has 122 valence electrons. The fourth-order valence-electron chi connectivity index (χ4n) is 2.87. The lowest BCUT2D eigenvalue weighted by Gasteiger charge is -2.35. The van der Waals surface area contributed by atoms with Gasteiger partial charge in [-0.25, -0.2) is 4.79 Å². The molecule has 0 fully saturated rings. The van der Waals surface area contributed by atoms with Gasteiger partial charge in [0.15, 0.2) is 0 Å². The Balaban J connectivity index is 1.83. The number of urea groups is 1. The fraction of sp³-hybridized carbons (Fsp3) is 0.588. The molecule has 5 nitrogen and oxygen atoms in total. The molecule has 1 heterocycles. The third kappa shape index (κ3) is 4.71. The summed E-state index contributed by atoms with van der Waals surface area (Å²) in [6.07, 6.45) is 1.55. The first kappa shape index (κ1) is 16.8. The van der Waals surface area contributed by atoms with E-state index >= 15 is 0 Å². The molecule has 0 bridgehead atoms. The molecule has 5 heteroatoms. The van der Waals surface area contributed by atoms with Gasteiger partial charge in [-0.2, -0.15) is 0 Å². The molecule has 0 spiro atoms. The first-order valence-corrected chi connectivity index (χ1v) is 8.10. The first-order valence-electron chi connectivity index (χ1n) is 8.10. The lowest BCUT2D eigenvalue weighted by Crippen LogP contribution is -2.48. The number of rotatable bonds is 6. The highest BCUT2D eigenvalue weighted by Crippen LogP contribution is 2.21. The maximum atomic E-state index is 11.7. The fourth-order valence-corrected chi connectivity index (χ4v) is 2.87. The Morgan fingerprint density at radius 3 is 2.64 bits per heavy atom. The van der Waals surface area contributed by atoms with Gasteiger partial charge in [0.1, 0.15) is 0 Å². The third-order valence-electron chi connectivity index (χ3n) is 4.20. The van der Waals surface area contributed by atoms with Crippen LogP contribution < -0.4 is 10.6 Å². The largest absolute Gasteiger partial charge is 0.392 e. The van der Waals surface area contributed by atoms with E-state index in [9.17, 15) is 9.90 Å². The average molecular weight is 305 g/mol. The van der Waals surface area contributed by atoms with Crippen molar-refractivity contribution in [2.24, 2.45) is 0 Å². The lowest BCUT2D eigenvalue weighted by molar-refractivity contribution is 0.166. The van der Waals surface area contributed by atoms with Crippen LogP contribution in [0.5, 0.6) is 0 Å². The van der Waals surface area contributed by atoms with Gasteiger partial charge in [-0.1, -0.05) is 31.2 Å². The molecule has 3 N–H and O–H groups in total. The second kappa shape index (κ2) is 8.15. The SMILES string of the molecule is CC[C@H](CNC(=O)NC[C@@H](C)O)N1CCc2ccccc2C1. The van der Waals surface area contributed by atoms with Crippen molar-refractivity contribution in [3.63, 3.8) is 0 Å². The lowest BCUT2D eigenvalue weighted by atomic mass is 9.98. The Bertz CT molecular complexity index is 491. The van der Waals surface area contributed by atoms with Crippen LogP contribution in [0, 0.1) is 0 Å². The van der Waals surface area contributed by atoms with Crippen molar-refractivity contribution in [3.8, 4) is 0 Å². The zero-order valence-electron chi connectivity index (χ0n) is 13.5. The number of aliphatic hydroxyl groups excluding tert-OH is 1. The van der Waals surface area contributed by atoms with E-state index in [0.717, 1.165) is 25.9 Å². The van der Waals surface area contributed by atoms with Crippen molar-refractivity contribution in [1.82, 2.24) is 15.5 Å². The number of benzene rings is 1. The van der Waals surface area contributed by atoms with Crippen molar-refractivity contribution < 1.29 is 9.90 Å². The Morgan fingerprint density at radius 1 is 1.27 bits per heavy atom. The minimum absolute atomic E-state index is 0.211. The van der Waals surface area contributed by atoms with E-state index in [0.29, 0.717) is 12.6 Å². The first-order chi connectivity index (χ1) is 10.6. The van der Waals surface area contributed by atoms with Gasteiger partial charge in [0.2, 0.25) is 0 Å². The highest BCUT2D eigenvalue weighted by Gasteiger charge is 2.22. The van der Waals surface area contributed by atoms with Crippen LogP contribution in [0.15, 0.2) is 24.3 Å². The van der Waals surface area contributed by atoms with Crippen LogP contribution in [0.3, 0.4) is 0 Å². The van der Waals surface area contributed by atoms with E-state index in [1.54, 1.807) is 6.92 Å². The quantitative estimate of drug-likeness (QED) is 0.746. The van der Waals surface area contributed by atoms with E-state index in [2.05, 4.69) is 46.7 Å². The molecule has 0 aliphatic carbocycles. The van der Waals surface area contributed by atoms with Gasteiger partial charge in [0.05, 0.1) is 6.10 Å². The smallest absolute Gasteiger partial charge is 0.314 e. The molecule has 1 aromatic rings. The molecule has 1 aliphatic heterocycles. The zero-order valence-corrected chi connectivity index (χ0v) is 13.5. The Morgan fingerprint density at radius 2 is 1.95 bits per heavy atom. The van der Waals surface area contributed by atoms with Crippen LogP contribution in [-0.2, 0) is 13.0 Å². The van der Waals surface area contributed by atoms with Crippen LogP contribution in [0.4, 0.5) is 4.79 Å². The molecule has 0 saturated heterocycles. The van der Waals surface area contributed by atoms with E-state index < -0.39 is 6.10 Å². The van der Waals surface area contributed by atoms with E-state index in [1.165, 1.54) is 11.1 Å². The van der Waals surface area contributed by atoms with Gasteiger partial charge in [-0.05, 0) is 30.9 Å². The number of nitrogens with one attached hydrogen (secondary N) is 2. The van der Waals surface area contributed by atoms with Gasteiger partial charge in [-0.3, -0.25) is 4.90 Å². The molecule has 1 aliphatic rings. The van der Waals surface area contributed by atoms with Crippen molar-refractivity contribution >= 4 is 6.03 Å². The molecule has 1 aromatic carbocycles. The predicted octanol–water partition coefficient (Wildman–Crippen LogP) is 1.50. The average Bonchev–Trinajstić information content (AvgIpc) is 2.53. The minimum atomic E-state index is -0.522. The number of amides is 2. The summed E-state index contributed by atoms with van der Waals surface area (Å²) in [5.41, 5.74) is 2.84. The molecule has 2 amide bonds. The second-order valence-corrected chi connectivity index (χ2v) is 5.99. The number of aliphatic hydroxyl groups is 1. The zero-order chi connectivity index (χ0) is 15.9. The topological polar surface area (TPSA) is 64.6 Å². The summed E-state index contributed by atoms with van der Waals surface area (Å²) < 4.78 is 0. The van der Waals surface area contributed by atoms with Crippen molar-refractivity contribution in [3.05, 3.63) is 35.4 Å². The van der Waals surface area contributed by atoms with Gasteiger partial charge in [0, 0.05) is 32.2 Å². The van der Waals surface area contributed by atoms with Crippen molar-refractivity contribution in [2.45, 2.75) is 45.4 Å². The highest BCUT2D eigenvalue weighted by molar-refractivity contribution is 5.73. The Kier molecular flexibility index (Phi) is 6.21. The molecule has 22 heavy (non-hydrogen) atoms. The highest BCUT2D eigenvalue weighted by atomic mass is 16.3. The monoisotopic (exact) mass is 305 g/mol. The number of hydrogen-bond acceptors (Lipinski definition) is 3. The summed E-state index contributed by atoms with van der Waals surface area (Å²) in [6, 6.07) is 8.71. The molecule has 0 saturated carbocycles. The van der Waals surface area contributed by atoms with Crippen LogP contribution in [-0.4, -0.2) is 47.8 Å². The minimum Gasteiger partial charge on any atom is -0.392 e. The maximum Gasteiger partial charge on any atom is 0.314 e. The normalized spacial score (nSPS) is 17.4. The molecular formula is C17H27N3O2. The molecule has 0 unspecified atom stereocenters. The van der Waals surface area contributed by atoms with Crippen LogP contribution >= 0.6 is 0 Å². The van der Waals surface area contributed by atoms with Crippen molar-refractivity contribution in [1.29, 1.82) is 0 Å². The number of hydrogen-bond donors (Lipinski definition) is 3. The Hall–Kier alpha value is -1.59. The maximum absolute atomic E-state index is 11.7. The predicted molar refractivity (Wildman–Crippen MR) is 87.7 cm³/mol. The summed E-state index contributed by atoms with van der Waals surface area (Å²) in [5.74, 6) is 0. The molecule has 0 radical (unpaired) electrons. The Labute approximate surface area is 132 Å². The van der Waals surface area contributed by atoms with Crippen molar-refractivity contribution in [2.75, 3.05) is 19.6 Å². The standard InChI is InChI=1S/C17H27N3O2/c1-3-16(11-19-17(22)18-10-13(2)21)20-9-8-14-6-4-5-7-15(14)12-20/h4-7,13,16,21H,3,8-12H2,1-2H3,(H2,18,19,22)/t13-,16-/m1/s1. The number of nitrogens with zero attached hydrogens (tertiary/aromatic N) is 1. The summed E-state index contributed by atoms with van der Waals surface area (Å²) in [6.45, 7) is 6.70. The van der Waals surface area contributed by atoms with E-state index in [4.69, 9.17) is 0 Å². The molecule has 2 atom stereocenters. The number of carbonyl (C=O) groups is 1. The third-order valence-corrected chi connectivity index (χ3v) is 4.20. The molecule has 0 aromatic heterocycles. The summed E-state index contributed by atoms with van der Waals surface area (Å²) in [4.78, 5) is 14.1. The summed E-state index contributed by atoms with van der Waals surface area (Å²) in [7, 11) is 0. The van der Waals surface area contributed by atoms with Crippen LogP contribution in [0.2, 0.25) is 0 Å². The molecule has 2 rings (SSSR count). The summed E-state index contributed by atoms with van der Waals surface area (Å²) >= 11 is 0. The van der Waals surface area contributed by atoms with Gasteiger partial charge in [0.25, 0.3) is 0 Å². The summed E-state index contributed by atoms with van der Waals surface area (Å²) in [5, 5.41) is 14.7. The second-order valence-electron chi connectivity index (χ2n) is 5.99.